The van der Waals surface area contributed by atoms with Gasteiger partial charge >= 0.3 is 0 Å². The molecule has 0 unspecified atom stereocenters. The lowest BCUT2D eigenvalue weighted by Gasteiger charge is -2.36. The number of anilines is 1. The number of aryl methyl sites for hydroxylation is 1. The van der Waals surface area contributed by atoms with Crippen molar-refractivity contribution in [2.45, 2.75) is 59.0 Å². The quantitative estimate of drug-likeness (QED) is 0.916. The molecule has 3 nitrogen and oxygen atoms in total. The van der Waals surface area contributed by atoms with Crippen molar-refractivity contribution in [3.05, 3.63) is 10.6 Å². The molecular weight excluding hydrogens is 254 g/mol. The standard InChI is InChI=1S/C15H25N3S/c1-11-13(10-16-12-4-5-12)19-14(17-11)18-8-6-15(2,3)7-9-18/h12,16H,4-10H2,1-3H3. The van der Waals surface area contributed by atoms with Crippen LogP contribution in [0.3, 0.4) is 0 Å². The van der Waals surface area contributed by atoms with E-state index in [9.17, 15) is 0 Å². The number of piperidine rings is 1. The highest BCUT2D eigenvalue weighted by Crippen LogP contribution is 2.34. The Balaban J connectivity index is 1.62. The van der Waals surface area contributed by atoms with Gasteiger partial charge in [-0.15, -0.1) is 11.3 Å². The van der Waals surface area contributed by atoms with E-state index in [-0.39, 0.29) is 0 Å². The predicted molar refractivity (Wildman–Crippen MR) is 81.9 cm³/mol. The molecule has 0 aromatic carbocycles. The van der Waals surface area contributed by atoms with Crippen molar-refractivity contribution >= 4 is 16.5 Å². The second-order valence-corrected chi connectivity index (χ2v) is 7.87. The molecule has 0 bridgehead atoms. The zero-order chi connectivity index (χ0) is 13.5. The summed E-state index contributed by atoms with van der Waals surface area (Å²) >= 11 is 1.89. The van der Waals surface area contributed by atoms with Gasteiger partial charge in [0.25, 0.3) is 0 Å². The third kappa shape index (κ3) is 3.29. The number of nitrogens with one attached hydrogen (secondary N) is 1. The summed E-state index contributed by atoms with van der Waals surface area (Å²) in [4.78, 5) is 8.68. The molecule has 0 radical (unpaired) electrons. The lowest BCUT2D eigenvalue weighted by Crippen LogP contribution is -2.37. The van der Waals surface area contributed by atoms with Crippen molar-refractivity contribution < 1.29 is 0 Å². The molecule has 0 spiro atoms. The van der Waals surface area contributed by atoms with Gasteiger partial charge < -0.3 is 10.2 Å². The van der Waals surface area contributed by atoms with Gasteiger partial charge in [0, 0.05) is 30.6 Å². The topological polar surface area (TPSA) is 28.2 Å². The molecule has 2 fully saturated rings. The second kappa shape index (κ2) is 5.06. The number of hydrogen-bond donors (Lipinski definition) is 1. The minimum Gasteiger partial charge on any atom is -0.348 e. The SMILES string of the molecule is Cc1nc(N2CCC(C)(C)CC2)sc1CNC1CC1. The Morgan fingerprint density at radius 3 is 2.63 bits per heavy atom. The summed E-state index contributed by atoms with van der Waals surface area (Å²) in [6.07, 6.45) is 5.26. The Hall–Kier alpha value is -0.610. The first kappa shape index (κ1) is 13.4. The van der Waals surface area contributed by atoms with Gasteiger partial charge in [-0.2, -0.15) is 0 Å². The molecule has 106 valence electrons. The lowest BCUT2D eigenvalue weighted by molar-refractivity contribution is 0.279. The molecule has 2 aliphatic rings. The van der Waals surface area contributed by atoms with Gasteiger partial charge in [-0.1, -0.05) is 13.8 Å². The van der Waals surface area contributed by atoms with Crippen LogP contribution in [-0.4, -0.2) is 24.1 Å². The third-order valence-corrected chi connectivity index (χ3v) is 5.62. The monoisotopic (exact) mass is 279 g/mol. The molecule has 4 heteroatoms. The van der Waals surface area contributed by atoms with Crippen LogP contribution in [0.25, 0.3) is 0 Å². The first-order valence-corrected chi connectivity index (χ1v) is 8.30. The highest BCUT2D eigenvalue weighted by Gasteiger charge is 2.27. The van der Waals surface area contributed by atoms with Crippen LogP contribution in [0.1, 0.15) is 50.1 Å². The average molecular weight is 279 g/mol. The van der Waals surface area contributed by atoms with Crippen LogP contribution < -0.4 is 10.2 Å². The van der Waals surface area contributed by atoms with Crippen LogP contribution in [0.4, 0.5) is 5.13 Å². The molecule has 1 aromatic rings. The highest BCUT2D eigenvalue weighted by atomic mass is 32.1. The summed E-state index contributed by atoms with van der Waals surface area (Å²) < 4.78 is 0. The van der Waals surface area contributed by atoms with Crippen molar-refractivity contribution in [3.63, 3.8) is 0 Å². The zero-order valence-electron chi connectivity index (χ0n) is 12.3. The largest absolute Gasteiger partial charge is 0.348 e. The molecule has 1 N–H and O–H groups in total. The third-order valence-electron chi connectivity index (χ3n) is 4.40. The number of aromatic nitrogens is 1. The summed E-state index contributed by atoms with van der Waals surface area (Å²) in [6, 6.07) is 0.778. The van der Waals surface area contributed by atoms with Crippen LogP contribution in [-0.2, 0) is 6.54 Å². The van der Waals surface area contributed by atoms with Gasteiger partial charge in [0.1, 0.15) is 0 Å². The molecule has 1 aliphatic carbocycles. The van der Waals surface area contributed by atoms with Crippen LogP contribution in [0.5, 0.6) is 0 Å². The van der Waals surface area contributed by atoms with E-state index >= 15 is 0 Å². The van der Waals surface area contributed by atoms with E-state index in [1.807, 2.05) is 11.3 Å². The van der Waals surface area contributed by atoms with Gasteiger partial charge in [-0.3, -0.25) is 0 Å². The van der Waals surface area contributed by atoms with Crippen LogP contribution in [0.15, 0.2) is 0 Å². The first-order valence-electron chi connectivity index (χ1n) is 7.48. The summed E-state index contributed by atoms with van der Waals surface area (Å²) in [5, 5.41) is 4.83. The maximum absolute atomic E-state index is 4.78. The van der Waals surface area contributed by atoms with E-state index in [2.05, 4.69) is 31.0 Å². The average Bonchev–Trinajstić information content (AvgIpc) is 3.11. The van der Waals surface area contributed by atoms with E-state index in [1.165, 1.54) is 41.4 Å². The molecule has 1 aliphatic heterocycles. The summed E-state index contributed by atoms with van der Waals surface area (Å²) in [5.41, 5.74) is 1.73. The molecule has 1 aromatic heterocycles. The van der Waals surface area contributed by atoms with E-state index in [0.29, 0.717) is 5.41 Å². The van der Waals surface area contributed by atoms with Gasteiger partial charge in [0.2, 0.25) is 0 Å². The Morgan fingerprint density at radius 1 is 1.32 bits per heavy atom. The normalized spacial score (nSPS) is 22.8. The molecule has 3 rings (SSSR count). The molecular formula is C15H25N3S. The van der Waals surface area contributed by atoms with Crippen LogP contribution in [0, 0.1) is 12.3 Å². The van der Waals surface area contributed by atoms with E-state index in [1.54, 1.807) is 0 Å². The Bertz CT molecular complexity index is 438. The fourth-order valence-corrected chi connectivity index (χ4v) is 3.60. The van der Waals surface area contributed by atoms with E-state index in [4.69, 9.17) is 4.98 Å². The van der Waals surface area contributed by atoms with Gasteiger partial charge in [0.05, 0.1) is 5.69 Å². The maximum atomic E-state index is 4.78. The highest BCUT2D eigenvalue weighted by molar-refractivity contribution is 7.15. The molecule has 1 saturated heterocycles. The smallest absolute Gasteiger partial charge is 0.185 e. The maximum Gasteiger partial charge on any atom is 0.185 e. The zero-order valence-corrected chi connectivity index (χ0v) is 13.1. The minimum atomic E-state index is 0.513. The number of nitrogens with zero attached hydrogens (tertiary/aromatic N) is 2. The Morgan fingerprint density at radius 2 is 2.00 bits per heavy atom. The molecule has 0 atom stereocenters. The molecule has 0 amide bonds. The van der Waals surface area contributed by atoms with Gasteiger partial charge in [-0.05, 0) is 38.0 Å². The fourth-order valence-electron chi connectivity index (χ4n) is 2.54. The number of thiazole rings is 1. The predicted octanol–water partition coefficient (Wildman–Crippen LogP) is 3.33. The Labute approximate surface area is 120 Å². The fraction of sp³-hybridized carbons (Fsp3) is 0.800. The first-order chi connectivity index (χ1) is 9.03. The van der Waals surface area contributed by atoms with Crippen molar-refractivity contribution in [2.24, 2.45) is 5.41 Å². The van der Waals surface area contributed by atoms with E-state index < -0.39 is 0 Å². The summed E-state index contributed by atoms with van der Waals surface area (Å²) in [6.45, 7) is 10.2. The van der Waals surface area contributed by atoms with Crippen molar-refractivity contribution in [1.82, 2.24) is 10.3 Å². The van der Waals surface area contributed by atoms with Gasteiger partial charge in [-0.25, -0.2) is 4.98 Å². The van der Waals surface area contributed by atoms with Crippen molar-refractivity contribution in [1.29, 1.82) is 0 Å². The van der Waals surface area contributed by atoms with Crippen molar-refractivity contribution in [3.8, 4) is 0 Å². The van der Waals surface area contributed by atoms with Crippen molar-refractivity contribution in [2.75, 3.05) is 18.0 Å². The minimum absolute atomic E-state index is 0.513. The number of rotatable bonds is 4. The van der Waals surface area contributed by atoms with Gasteiger partial charge in [0.15, 0.2) is 5.13 Å². The number of hydrogen-bond acceptors (Lipinski definition) is 4. The lowest BCUT2D eigenvalue weighted by atomic mass is 9.83. The second-order valence-electron chi connectivity index (χ2n) is 6.81. The molecule has 19 heavy (non-hydrogen) atoms. The van der Waals surface area contributed by atoms with Crippen LogP contribution >= 0.6 is 11.3 Å². The van der Waals surface area contributed by atoms with Crippen LogP contribution in [0.2, 0.25) is 0 Å². The van der Waals surface area contributed by atoms with E-state index in [0.717, 1.165) is 25.7 Å². The summed E-state index contributed by atoms with van der Waals surface area (Å²) in [7, 11) is 0. The molecule has 2 heterocycles. The Kier molecular flexibility index (Phi) is 3.56. The summed E-state index contributed by atoms with van der Waals surface area (Å²) in [5.74, 6) is 0. The molecule has 1 saturated carbocycles.